The first kappa shape index (κ1) is 22.0. The lowest BCUT2D eigenvalue weighted by atomic mass is 9.91. The summed E-state index contributed by atoms with van der Waals surface area (Å²) in [4.78, 5) is 29.0. The lowest BCUT2D eigenvalue weighted by Gasteiger charge is -2.39. The molecule has 1 aliphatic heterocycles. The van der Waals surface area contributed by atoms with Gasteiger partial charge in [0.15, 0.2) is 0 Å². The molecule has 1 saturated heterocycles. The Morgan fingerprint density at radius 3 is 2.25 bits per heavy atom. The van der Waals surface area contributed by atoms with Gasteiger partial charge in [0.1, 0.15) is 29.4 Å². The first-order valence-corrected chi connectivity index (χ1v) is 9.36. The third-order valence-corrected chi connectivity index (χ3v) is 4.65. The lowest BCUT2D eigenvalue weighted by Crippen LogP contribution is -2.52. The first-order chi connectivity index (χ1) is 12.8. The number of ether oxygens (including phenoxy) is 2. The molecule has 6 nitrogen and oxygen atoms in total. The summed E-state index contributed by atoms with van der Waals surface area (Å²) in [5.41, 5.74) is -0.774. The second-order valence-electron chi connectivity index (χ2n) is 9.25. The number of rotatable bonds is 3. The molecule has 2 rings (SSSR count). The molecular weight excluding hydrogens is 363 g/mol. The molecule has 0 radical (unpaired) electrons. The topological polar surface area (TPSA) is 59.1 Å². The molecule has 156 valence electrons. The van der Waals surface area contributed by atoms with Crippen molar-refractivity contribution in [1.82, 2.24) is 9.80 Å². The van der Waals surface area contributed by atoms with E-state index in [-0.39, 0.29) is 12.3 Å². The molecule has 0 saturated carbocycles. The average Bonchev–Trinajstić information content (AvgIpc) is 2.79. The number of halogens is 1. The van der Waals surface area contributed by atoms with Crippen LogP contribution in [0.2, 0.25) is 0 Å². The normalized spacial score (nSPS) is 20.5. The van der Waals surface area contributed by atoms with Crippen molar-refractivity contribution in [3.05, 3.63) is 29.6 Å². The maximum absolute atomic E-state index is 14.5. The molecule has 28 heavy (non-hydrogen) atoms. The number of likely N-dealkylation sites (N-methyl/N-ethyl adjacent to an activating group) is 1. The van der Waals surface area contributed by atoms with E-state index in [1.807, 2.05) is 20.8 Å². The molecule has 0 bridgehead atoms. The van der Waals surface area contributed by atoms with Crippen LogP contribution in [0.5, 0.6) is 5.75 Å². The highest BCUT2D eigenvalue weighted by Gasteiger charge is 2.52. The van der Waals surface area contributed by atoms with Crippen molar-refractivity contribution >= 4 is 12.0 Å². The summed E-state index contributed by atoms with van der Waals surface area (Å²) < 4.78 is 25.1. The van der Waals surface area contributed by atoms with Crippen LogP contribution in [0.3, 0.4) is 0 Å². The summed E-state index contributed by atoms with van der Waals surface area (Å²) in [5, 5.41) is 0. The SMILES string of the molecule is COc1ccc(C[C@H]2C(=O)N(C)[C@H](C(C)(C)C)N2C(=O)OC(C)(C)C)c(F)c1. The van der Waals surface area contributed by atoms with Crippen LogP contribution in [0.25, 0.3) is 0 Å². The van der Waals surface area contributed by atoms with Crippen LogP contribution in [0.1, 0.15) is 47.1 Å². The van der Waals surface area contributed by atoms with Crippen molar-refractivity contribution < 1.29 is 23.5 Å². The molecule has 2 atom stereocenters. The van der Waals surface area contributed by atoms with Gasteiger partial charge in [0, 0.05) is 24.9 Å². The van der Waals surface area contributed by atoms with Crippen LogP contribution in [0.4, 0.5) is 9.18 Å². The Bertz CT molecular complexity index is 752. The van der Waals surface area contributed by atoms with E-state index in [0.29, 0.717) is 11.3 Å². The highest BCUT2D eigenvalue weighted by Crippen LogP contribution is 2.36. The van der Waals surface area contributed by atoms with Gasteiger partial charge < -0.3 is 14.4 Å². The monoisotopic (exact) mass is 394 g/mol. The first-order valence-electron chi connectivity index (χ1n) is 9.36. The molecule has 0 aliphatic carbocycles. The van der Waals surface area contributed by atoms with E-state index in [1.54, 1.807) is 44.9 Å². The fourth-order valence-corrected chi connectivity index (χ4v) is 3.59. The van der Waals surface area contributed by atoms with E-state index in [2.05, 4.69) is 0 Å². The average molecular weight is 394 g/mol. The maximum Gasteiger partial charge on any atom is 0.412 e. The van der Waals surface area contributed by atoms with Gasteiger partial charge in [-0.3, -0.25) is 9.69 Å². The van der Waals surface area contributed by atoms with Crippen LogP contribution < -0.4 is 4.74 Å². The fourth-order valence-electron chi connectivity index (χ4n) is 3.59. The standard InChI is InChI=1S/C21H31FN2O4/c1-20(2,3)18-23(7)17(25)16(24(18)19(26)28-21(4,5)6)11-13-9-10-14(27-8)12-15(13)22/h9-10,12,16,18H,11H2,1-8H3/t16-,18-/m0/s1. The third-order valence-electron chi connectivity index (χ3n) is 4.65. The highest BCUT2D eigenvalue weighted by atomic mass is 19.1. The largest absolute Gasteiger partial charge is 0.497 e. The molecule has 1 aromatic rings. The summed E-state index contributed by atoms with van der Waals surface area (Å²) in [6.45, 7) is 11.2. The summed E-state index contributed by atoms with van der Waals surface area (Å²) in [6.07, 6.45) is -1.02. The number of nitrogens with zero attached hydrogens (tertiary/aromatic N) is 2. The van der Waals surface area contributed by atoms with E-state index < -0.39 is 35.1 Å². The minimum absolute atomic E-state index is 0.0603. The summed E-state index contributed by atoms with van der Waals surface area (Å²) >= 11 is 0. The number of methoxy groups -OCH3 is 1. The quantitative estimate of drug-likeness (QED) is 0.782. The van der Waals surface area contributed by atoms with Gasteiger partial charge in [-0.15, -0.1) is 0 Å². The van der Waals surface area contributed by atoms with E-state index >= 15 is 0 Å². The number of benzene rings is 1. The maximum atomic E-state index is 14.5. The highest BCUT2D eigenvalue weighted by molar-refractivity contribution is 5.89. The second-order valence-corrected chi connectivity index (χ2v) is 9.25. The molecule has 0 spiro atoms. The molecule has 0 aromatic heterocycles. The van der Waals surface area contributed by atoms with Gasteiger partial charge in [0.2, 0.25) is 5.91 Å². The third kappa shape index (κ3) is 4.56. The molecule has 0 N–H and O–H groups in total. The number of carbonyl (C=O) groups excluding carboxylic acids is 2. The Kier molecular flexibility index (Phi) is 5.97. The molecule has 7 heteroatoms. The molecule has 2 amide bonds. The van der Waals surface area contributed by atoms with E-state index in [0.717, 1.165) is 0 Å². The van der Waals surface area contributed by atoms with Crippen molar-refractivity contribution in [2.24, 2.45) is 5.41 Å². The minimum Gasteiger partial charge on any atom is -0.497 e. The van der Waals surface area contributed by atoms with Crippen LogP contribution in [-0.4, -0.2) is 53.8 Å². The molecule has 1 heterocycles. The number of hydrogen-bond donors (Lipinski definition) is 0. The van der Waals surface area contributed by atoms with Gasteiger partial charge in [-0.05, 0) is 32.4 Å². The van der Waals surface area contributed by atoms with Crippen molar-refractivity contribution in [1.29, 1.82) is 0 Å². The Labute approximate surface area is 166 Å². The van der Waals surface area contributed by atoms with Gasteiger partial charge in [-0.25, -0.2) is 9.18 Å². The summed E-state index contributed by atoms with van der Waals surface area (Å²) in [5.74, 6) is -0.313. The lowest BCUT2D eigenvalue weighted by molar-refractivity contribution is -0.129. The molecule has 1 fully saturated rings. The van der Waals surface area contributed by atoms with Crippen LogP contribution in [-0.2, 0) is 16.0 Å². The van der Waals surface area contributed by atoms with Crippen LogP contribution >= 0.6 is 0 Å². The molecule has 1 aliphatic rings. The molecule has 0 unspecified atom stereocenters. The number of hydrogen-bond acceptors (Lipinski definition) is 4. The second kappa shape index (κ2) is 7.60. The van der Waals surface area contributed by atoms with Crippen molar-refractivity contribution in [3.63, 3.8) is 0 Å². The van der Waals surface area contributed by atoms with Gasteiger partial charge in [-0.1, -0.05) is 26.8 Å². The van der Waals surface area contributed by atoms with Gasteiger partial charge in [0.05, 0.1) is 7.11 Å². The molecule has 1 aromatic carbocycles. The van der Waals surface area contributed by atoms with Crippen molar-refractivity contribution in [3.8, 4) is 5.75 Å². The Morgan fingerprint density at radius 1 is 1.18 bits per heavy atom. The molecular formula is C21H31FN2O4. The summed E-state index contributed by atoms with van der Waals surface area (Å²) in [7, 11) is 3.13. The Morgan fingerprint density at radius 2 is 1.79 bits per heavy atom. The number of amides is 2. The predicted octanol–water partition coefficient (Wildman–Crippen LogP) is 3.83. The van der Waals surface area contributed by atoms with Crippen molar-refractivity contribution in [2.75, 3.05) is 14.2 Å². The minimum atomic E-state index is -0.841. The number of carbonyl (C=O) groups is 2. The zero-order valence-electron chi connectivity index (χ0n) is 18.0. The van der Waals surface area contributed by atoms with E-state index in [4.69, 9.17) is 9.47 Å². The summed E-state index contributed by atoms with van der Waals surface area (Å²) in [6, 6.07) is 3.66. The Hall–Kier alpha value is -2.31. The zero-order valence-corrected chi connectivity index (χ0v) is 18.0. The predicted molar refractivity (Wildman–Crippen MR) is 105 cm³/mol. The van der Waals surface area contributed by atoms with Gasteiger partial charge in [0.25, 0.3) is 0 Å². The smallest absolute Gasteiger partial charge is 0.412 e. The van der Waals surface area contributed by atoms with Crippen molar-refractivity contribution in [2.45, 2.75) is 65.8 Å². The van der Waals surface area contributed by atoms with E-state index in [9.17, 15) is 14.0 Å². The van der Waals surface area contributed by atoms with E-state index in [1.165, 1.54) is 18.1 Å². The zero-order chi connectivity index (χ0) is 21.4. The van der Waals surface area contributed by atoms with Gasteiger partial charge >= 0.3 is 6.09 Å². The van der Waals surface area contributed by atoms with Gasteiger partial charge in [-0.2, -0.15) is 0 Å². The van der Waals surface area contributed by atoms with Crippen LogP contribution in [0.15, 0.2) is 18.2 Å². The van der Waals surface area contributed by atoms with Crippen LogP contribution in [0, 0.1) is 11.2 Å². The Balaban J connectivity index is 2.43. The fraction of sp³-hybridized carbons (Fsp3) is 0.619.